The first-order chi connectivity index (χ1) is 9.25. The van der Waals surface area contributed by atoms with Crippen molar-refractivity contribution in [2.45, 2.75) is 50.9 Å². The Balaban J connectivity index is 1.98. The standard InChI is InChI=1S/C18H20O/c1-2-13-4-3-5-14-7-9-16(19)18(17(13)14)11-12-6-8-15(18)10-12/h3-6,15H,2,7-11H2,1H3. The number of hydrogen-bond acceptors (Lipinski definition) is 1. The van der Waals surface area contributed by atoms with Crippen LogP contribution in [0, 0.1) is 5.92 Å². The van der Waals surface area contributed by atoms with Crippen molar-refractivity contribution in [1.82, 2.24) is 0 Å². The molecule has 1 aromatic carbocycles. The SMILES string of the molecule is CCc1cccc2c1C1(CC3=CCC1C3)C(=O)CC2. The summed E-state index contributed by atoms with van der Waals surface area (Å²) in [5.41, 5.74) is 5.70. The molecule has 1 fully saturated rings. The van der Waals surface area contributed by atoms with Crippen LogP contribution < -0.4 is 0 Å². The number of fused-ring (bicyclic) bond motifs is 5. The van der Waals surface area contributed by atoms with Gasteiger partial charge in [0.25, 0.3) is 0 Å². The number of allylic oxidation sites excluding steroid dienone is 2. The van der Waals surface area contributed by atoms with Crippen LogP contribution in [0.2, 0.25) is 0 Å². The van der Waals surface area contributed by atoms with Crippen LogP contribution in [0.5, 0.6) is 0 Å². The number of carbonyl (C=O) groups excluding carboxylic acids is 1. The van der Waals surface area contributed by atoms with E-state index in [1.165, 1.54) is 28.7 Å². The fourth-order valence-corrected chi connectivity index (χ4v) is 4.77. The zero-order valence-corrected chi connectivity index (χ0v) is 11.5. The summed E-state index contributed by atoms with van der Waals surface area (Å²) >= 11 is 0. The van der Waals surface area contributed by atoms with Gasteiger partial charge in [-0.15, -0.1) is 0 Å². The summed E-state index contributed by atoms with van der Waals surface area (Å²) in [5.74, 6) is 1.08. The summed E-state index contributed by atoms with van der Waals surface area (Å²) in [5, 5.41) is 0. The van der Waals surface area contributed by atoms with E-state index in [9.17, 15) is 4.79 Å². The van der Waals surface area contributed by atoms with Crippen molar-refractivity contribution in [1.29, 1.82) is 0 Å². The van der Waals surface area contributed by atoms with Crippen LogP contribution in [0.25, 0.3) is 0 Å². The van der Waals surface area contributed by atoms with Gasteiger partial charge >= 0.3 is 0 Å². The summed E-state index contributed by atoms with van der Waals surface area (Å²) in [6, 6.07) is 6.66. The molecular weight excluding hydrogens is 232 g/mol. The van der Waals surface area contributed by atoms with Crippen LogP contribution in [0.4, 0.5) is 0 Å². The first kappa shape index (κ1) is 11.5. The van der Waals surface area contributed by atoms with Crippen LogP contribution in [0.15, 0.2) is 29.8 Å². The lowest BCUT2D eigenvalue weighted by molar-refractivity contribution is -0.126. The maximum atomic E-state index is 12.8. The molecule has 1 aromatic rings. The van der Waals surface area contributed by atoms with E-state index < -0.39 is 0 Å². The van der Waals surface area contributed by atoms with Gasteiger partial charge in [0.05, 0.1) is 5.41 Å². The number of Topliss-reactive ketones (excluding diaryl/α,β-unsaturated/α-hetero) is 1. The Labute approximate surface area is 114 Å². The number of hydrogen-bond donors (Lipinski definition) is 0. The Kier molecular flexibility index (Phi) is 2.30. The molecule has 3 aliphatic carbocycles. The van der Waals surface area contributed by atoms with Crippen molar-refractivity contribution in [3.05, 3.63) is 46.5 Å². The minimum atomic E-state index is -0.135. The van der Waals surface area contributed by atoms with Gasteiger partial charge in [-0.3, -0.25) is 4.79 Å². The summed E-state index contributed by atoms with van der Waals surface area (Å²) < 4.78 is 0. The number of aryl methyl sites for hydroxylation is 2. The van der Waals surface area contributed by atoms with E-state index >= 15 is 0 Å². The van der Waals surface area contributed by atoms with Crippen molar-refractivity contribution < 1.29 is 4.79 Å². The lowest BCUT2D eigenvalue weighted by Gasteiger charge is -2.41. The number of ketones is 1. The Bertz CT molecular complexity index is 581. The van der Waals surface area contributed by atoms with E-state index in [0.717, 1.165) is 32.1 Å². The molecule has 0 aliphatic heterocycles. The van der Waals surface area contributed by atoms with E-state index in [1.54, 1.807) is 0 Å². The zero-order valence-electron chi connectivity index (χ0n) is 11.5. The van der Waals surface area contributed by atoms with Crippen molar-refractivity contribution in [2.75, 3.05) is 0 Å². The van der Waals surface area contributed by atoms with Gasteiger partial charge in [0, 0.05) is 6.42 Å². The highest BCUT2D eigenvalue weighted by molar-refractivity contribution is 5.94. The topological polar surface area (TPSA) is 17.1 Å². The van der Waals surface area contributed by atoms with Crippen molar-refractivity contribution >= 4 is 5.78 Å². The van der Waals surface area contributed by atoms with E-state index in [1.807, 2.05) is 0 Å². The third kappa shape index (κ3) is 1.34. The first-order valence-corrected chi connectivity index (χ1v) is 7.58. The molecule has 1 nitrogen and oxygen atoms in total. The largest absolute Gasteiger partial charge is 0.299 e. The van der Waals surface area contributed by atoms with E-state index in [2.05, 4.69) is 31.2 Å². The highest BCUT2D eigenvalue weighted by Crippen LogP contribution is 2.57. The summed E-state index contributed by atoms with van der Waals surface area (Å²) in [6.07, 6.45) is 8.44. The van der Waals surface area contributed by atoms with Gasteiger partial charge in [-0.1, -0.05) is 36.8 Å². The second-order valence-corrected chi connectivity index (χ2v) is 6.38. The number of rotatable bonds is 1. The smallest absolute Gasteiger partial charge is 0.144 e. The molecule has 0 heterocycles. The minimum absolute atomic E-state index is 0.135. The highest BCUT2D eigenvalue weighted by Gasteiger charge is 2.55. The third-order valence-corrected chi connectivity index (χ3v) is 5.59. The molecule has 2 bridgehead atoms. The Hall–Kier alpha value is -1.37. The molecular formula is C18H20O. The maximum absolute atomic E-state index is 12.8. The zero-order chi connectivity index (χ0) is 13.0. The molecule has 2 unspecified atom stereocenters. The first-order valence-electron chi connectivity index (χ1n) is 7.58. The van der Waals surface area contributed by atoms with E-state index in [0.29, 0.717) is 11.7 Å². The molecule has 98 valence electrons. The van der Waals surface area contributed by atoms with Crippen LogP contribution in [-0.4, -0.2) is 5.78 Å². The normalized spacial score (nSPS) is 31.7. The third-order valence-electron chi connectivity index (χ3n) is 5.59. The monoisotopic (exact) mass is 252 g/mol. The Morgan fingerprint density at radius 2 is 2.21 bits per heavy atom. The minimum Gasteiger partial charge on any atom is -0.299 e. The van der Waals surface area contributed by atoms with Gasteiger partial charge in [-0.2, -0.15) is 0 Å². The predicted molar refractivity (Wildman–Crippen MR) is 76.3 cm³/mol. The van der Waals surface area contributed by atoms with Crippen molar-refractivity contribution in [3.63, 3.8) is 0 Å². The average Bonchev–Trinajstić information content (AvgIpc) is 3.04. The molecule has 2 atom stereocenters. The van der Waals surface area contributed by atoms with Crippen LogP contribution >= 0.6 is 0 Å². The fraction of sp³-hybridized carbons (Fsp3) is 0.500. The lowest BCUT2D eigenvalue weighted by Crippen LogP contribution is -2.44. The molecule has 0 N–H and O–H groups in total. The van der Waals surface area contributed by atoms with Gasteiger partial charge in [-0.05, 0) is 54.7 Å². The Morgan fingerprint density at radius 1 is 1.32 bits per heavy atom. The predicted octanol–water partition coefficient (Wildman–Crippen LogP) is 3.74. The number of carbonyl (C=O) groups is 1. The molecule has 4 rings (SSSR count). The highest BCUT2D eigenvalue weighted by atomic mass is 16.1. The molecule has 0 radical (unpaired) electrons. The summed E-state index contributed by atoms with van der Waals surface area (Å²) in [7, 11) is 0. The van der Waals surface area contributed by atoms with Gasteiger partial charge < -0.3 is 0 Å². The van der Waals surface area contributed by atoms with Gasteiger partial charge in [-0.25, -0.2) is 0 Å². The molecule has 3 aliphatic rings. The summed E-state index contributed by atoms with van der Waals surface area (Å²) in [6.45, 7) is 2.22. The van der Waals surface area contributed by atoms with Crippen molar-refractivity contribution in [3.8, 4) is 0 Å². The van der Waals surface area contributed by atoms with Gasteiger partial charge in [0.1, 0.15) is 5.78 Å². The number of benzene rings is 1. The lowest BCUT2D eigenvalue weighted by atomic mass is 9.60. The maximum Gasteiger partial charge on any atom is 0.144 e. The van der Waals surface area contributed by atoms with Crippen LogP contribution in [0.3, 0.4) is 0 Å². The van der Waals surface area contributed by atoms with E-state index in [-0.39, 0.29) is 5.41 Å². The van der Waals surface area contributed by atoms with Crippen LogP contribution in [-0.2, 0) is 23.1 Å². The summed E-state index contributed by atoms with van der Waals surface area (Å²) in [4.78, 5) is 12.8. The molecule has 1 saturated carbocycles. The van der Waals surface area contributed by atoms with E-state index in [4.69, 9.17) is 0 Å². The molecule has 1 spiro atoms. The molecule has 0 saturated heterocycles. The molecule has 19 heavy (non-hydrogen) atoms. The van der Waals surface area contributed by atoms with Crippen molar-refractivity contribution in [2.24, 2.45) is 5.92 Å². The fourth-order valence-electron chi connectivity index (χ4n) is 4.77. The van der Waals surface area contributed by atoms with Gasteiger partial charge in [0.15, 0.2) is 0 Å². The second kappa shape index (κ2) is 3.82. The molecule has 0 aromatic heterocycles. The molecule has 1 heteroatoms. The quantitative estimate of drug-likeness (QED) is 0.696. The second-order valence-electron chi connectivity index (χ2n) is 6.38. The Morgan fingerprint density at radius 3 is 2.89 bits per heavy atom. The van der Waals surface area contributed by atoms with Gasteiger partial charge in [0.2, 0.25) is 0 Å². The molecule has 0 amide bonds. The average molecular weight is 252 g/mol. The van der Waals surface area contributed by atoms with Crippen LogP contribution in [0.1, 0.15) is 49.3 Å².